The number of non-ortho nitro benzene ring substituents is 1. The number of aromatic nitrogens is 3. The highest BCUT2D eigenvalue weighted by Crippen LogP contribution is 2.40. The molecule has 0 spiro atoms. The first-order valence-electron chi connectivity index (χ1n) is 15.0. The second-order valence-electron chi connectivity index (χ2n) is 11.1. The summed E-state index contributed by atoms with van der Waals surface area (Å²) in [4.78, 5) is 23.7. The number of aromatic amines is 2. The zero-order chi connectivity index (χ0) is 31.0. The van der Waals surface area contributed by atoms with Gasteiger partial charge in [-0.15, -0.1) is 0 Å². The van der Waals surface area contributed by atoms with E-state index in [-0.39, 0.29) is 5.69 Å². The Balaban J connectivity index is 1.52. The fourth-order valence-corrected chi connectivity index (χ4v) is 6.17. The van der Waals surface area contributed by atoms with Gasteiger partial charge in [0.1, 0.15) is 0 Å². The van der Waals surface area contributed by atoms with Crippen molar-refractivity contribution in [1.82, 2.24) is 15.0 Å². The minimum atomic E-state index is -0.391. The third kappa shape index (κ3) is 4.86. The molecule has 8 rings (SSSR count). The summed E-state index contributed by atoms with van der Waals surface area (Å²) in [5, 5.41) is 14.9. The monoisotopic (exact) mass is 597 g/mol. The van der Waals surface area contributed by atoms with Crippen LogP contribution in [0.3, 0.4) is 0 Å². The highest BCUT2D eigenvalue weighted by molar-refractivity contribution is 6.04. The molecule has 7 aromatic rings. The number of hydrogen-bond acceptors (Lipinski definition) is 4. The Morgan fingerprint density at radius 1 is 0.565 bits per heavy atom. The van der Waals surface area contributed by atoms with E-state index in [1.807, 2.05) is 54.6 Å². The van der Waals surface area contributed by atoms with E-state index < -0.39 is 4.92 Å². The van der Waals surface area contributed by atoms with Crippen molar-refractivity contribution >= 4 is 51.3 Å². The molecular formula is C39H27N5O2. The summed E-state index contributed by atoms with van der Waals surface area (Å²) in [5.74, 6) is 0. The van der Waals surface area contributed by atoms with E-state index in [9.17, 15) is 10.1 Å². The molecule has 4 aromatic carbocycles. The fourth-order valence-electron chi connectivity index (χ4n) is 6.17. The van der Waals surface area contributed by atoms with Crippen LogP contribution in [0.25, 0.3) is 67.6 Å². The van der Waals surface area contributed by atoms with Crippen molar-refractivity contribution in [1.29, 1.82) is 0 Å². The lowest BCUT2D eigenvalue weighted by Crippen LogP contribution is -1.93. The van der Waals surface area contributed by atoms with Crippen molar-refractivity contribution in [3.8, 4) is 33.4 Å². The Kier molecular flexibility index (Phi) is 6.61. The zero-order valence-electron chi connectivity index (χ0n) is 24.6. The van der Waals surface area contributed by atoms with Crippen LogP contribution in [0.4, 0.5) is 17.1 Å². The van der Waals surface area contributed by atoms with E-state index >= 15 is 0 Å². The van der Waals surface area contributed by atoms with Crippen molar-refractivity contribution in [3.63, 3.8) is 0 Å². The van der Waals surface area contributed by atoms with E-state index in [1.165, 1.54) is 12.1 Å². The summed E-state index contributed by atoms with van der Waals surface area (Å²) < 4.78 is 0. The number of fused-ring (bicyclic) bond motifs is 6. The first-order valence-corrected chi connectivity index (χ1v) is 15.0. The average molecular weight is 598 g/mol. The molecule has 0 aliphatic carbocycles. The van der Waals surface area contributed by atoms with Crippen molar-refractivity contribution in [2.75, 3.05) is 5.32 Å². The second-order valence-corrected chi connectivity index (χ2v) is 11.1. The van der Waals surface area contributed by atoms with Gasteiger partial charge >= 0.3 is 0 Å². The fraction of sp³-hybridized carbons (Fsp3) is 0. The van der Waals surface area contributed by atoms with Crippen molar-refractivity contribution in [3.05, 3.63) is 155 Å². The summed E-state index contributed by atoms with van der Waals surface area (Å²) in [5.41, 5.74) is 13.0. The summed E-state index contributed by atoms with van der Waals surface area (Å²) in [6, 6.07) is 43.7. The highest BCUT2D eigenvalue weighted by atomic mass is 16.6. The number of anilines is 2. The van der Waals surface area contributed by atoms with E-state index in [2.05, 4.69) is 82.0 Å². The van der Waals surface area contributed by atoms with Crippen molar-refractivity contribution in [2.45, 2.75) is 0 Å². The van der Waals surface area contributed by atoms with Crippen LogP contribution >= 0.6 is 0 Å². The predicted molar refractivity (Wildman–Crippen MR) is 187 cm³/mol. The smallest absolute Gasteiger partial charge is 0.269 e. The molecule has 7 nitrogen and oxygen atoms in total. The van der Waals surface area contributed by atoms with Crippen molar-refractivity contribution < 1.29 is 4.92 Å². The van der Waals surface area contributed by atoms with Gasteiger partial charge in [0, 0.05) is 45.5 Å². The lowest BCUT2D eigenvalue weighted by molar-refractivity contribution is -0.384. The van der Waals surface area contributed by atoms with Crippen LogP contribution in [0.5, 0.6) is 0 Å². The standard InChI is InChI=1S/C39H27N5O2/c45-44(46)29-18-16-28(17-19-29)40-35-24-34-37(26-12-6-2-7-13-26)32-21-20-30(41-32)36(25-10-4-1-5-11-25)31-22-23-33(42-31)38(39(35)43-34)27-14-8-3-9-15-27/h1-24,40-41,43H. The molecule has 3 aromatic heterocycles. The number of nitrogens with one attached hydrogen (secondary N) is 3. The maximum Gasteiger partial charge on any atom is 0.269 e. The molecule has 0 unspecified atom stereocenters. The summed E-state index contributed by atoms with van der Waals surface area (Å²) in [6.07, 6.45) is 4.15. The Morgan fingerprint density at radius 3 is 1.67 bits per heavy atom. The van der Waals surface area contributed by atoms with E-state index in [4.69, 9.17) is 4.98 Å². The van der Waals surface area contributed by atoms with E-state index in [0.29, 0.717) is 0 Å². The van der Waals surface area contributed by atoms with Crippen LogP contribution in [0.2, 0.25) is 0 Å². The molecule has 0 amide bonds. The lowest BCUT2D eigenvalue weighted by Gasteiger charge is -2.09. The molecule has 220 valence electrons. The maximum atomic E-state index is 11.3. The maximum absolute atomic E-state index is 11.3. The largest absolute Gasteiger partial charge is 0.354 e. The topological polar surface area (TPSA) is 99.6 Å². The number of nitrogens with zero attached hydrogens (tertiary/aromatic N) is 2. The van der Waals surface area contributed by atoms with E-state index in [0.717, 1.165) is 78.2 Å². The SMILES string of the molecule is O=[N+]([O-])c1ccc(Nc2cc3[nH]c2c(-c2ccccc2)c2nc(c(-c4ccccc4)c4ccc([nH]4)c3-c3ccccc3)C=C2)cc1. The number of benzene rings is 4. The first-order chi connectivity index (χ1) is 22.6. The Morgan fingerprint density at radius 2 is 1.09 bits per heavy atom. The van der Waals surface area contributed by atoms with Crippen LogP contribution in [-0.2, 0) is 0 Å². The summed E-state index contributed by atoms with van der Waals surface area (Å²) >= 11 is 0. The number of H-pyrrole nitrogens is 2. The first kappa shape index (κ1) is 27.1. The normalized spacial score (nSPS) is 11.6. The van der Waals surface area contributed by atoms with Gasteiger partial charge in [-0.2, -0.15) is 0 Å². The predicted octanol–water partition coefficient (Wildman–Crippen LogP) is 10.3. The second kappa shape index (κ2) is 11.2. The van der Waals surface area contributed by atoms with Gasteiger partial charge in [-0.25, -0.2) is 4.98 Å². The van der Waals surface area contributed by atoms with Gasteiger partial charge in [0.2, 0.25) is 0 Å². The lowest BCUT2D eigenvalue weighted by atomic mass is 10.0. The van der Waals surface area contributed by atoms with Gasteiger partial charge in [-0.1, -0.05) is 91.0 Å². The van der Waals surface area contributed by atoms with Crippen LogP contribution in [0.15, 0.2) is 133 Å². The molecule has 3 N–H and O–H groups in total. The van der Waals surface area contributed by atoms with Crippen LogP contribution in [-0.4, -0.2) is 19.9 Å². The molecule has 6 bridgehead atoms. The molecule has 0 fully saturated rings. The van der Waals surface area contributed by atoms with Gasteiger partial charge in [0.15, 0.2) is 0 Å². The third-order valence-electron chi connectivity index (χ3n) is 8.26. The Labute approximate surface area is 264 Å². The molecule has 0 atom stereocenters. The van der Waals surface area contributed by atoms with Gasteiger partial charge in [0.05, 0.1) is 33.0 Å². The van der Waals surface area contributed by atoms with Crippen LogP contribution in [0.1, 0.15) is 11.4 Å². The molecule has 1 aliphatic heterocycles. The number of nitro groups is 1. The molecule has 46 heavy (non-hydrogen) atoms. The molecule has 4 heterocycles. The number of hydrogen-bond donors (Lipinski definition) is 3. The molecule has 0 saturated heterocycles. The van der Waals surface area contributed by atoms with Gasteiger partial charge in [-0.3, -0.25) is 10.1 Å². The quantitative estimate of drug-likeness (QED) is 0.131. The zero-order valence-corrected chi connectivity index (χ0v) is 24.6. The minimum absolute atomic E-state index is 0.0386. The average Bonchev–Trinajstić information content (AvgIpc) is 3.85. The highest BCUT2D eigenvalue weighted by Gasteiger charge is 2.19. The molecule has 0 radical (unpaired) electrons. The number of rotatable bonds is 6. The summed E-state index contributed by atoms with van der Waals surface area (Å²) in [6.45, 7) is 0. The minimum Gasteiger partial charge on any atom is -0.354 e. The van der Waals surface area contributed by atoms with E-state index in [1.54, 1.807) is 12.1 Å². The van der Waals surface area contributed by atoms with Gasteiger partial charge < -0.3 is 15.3 Å². The number of nitro benzene ring substituents is 1. The van der Waals surface area contributed by atoms with Crippen molar-refractivity contribution in [2.24, 2.45) is 0 Å². The molecule has 0 saturated carbocycles. The van der Waals surface area contributed by atoms with Crippen LogP contribution < -0.4 is 5.32 Å². The van der Waals surface area contributed by atoms with Gasteiger partial charge in [0.25, 0.3) is 5.69 Å². The molecular weight excluding hydrogens is 570 g/mol. The van der Waals surface area contributed by atoms with Gasteiger partial charge in [-0.05, 0) is 59.2 Å². The molecule has 1 aliphatic rings. The Bertz CT molecular complexity index is 2340. The molecule has 7 heteroatoms. The Hall–Kier alpha value is -6.47. The van der Waals surface area contributed by atoms with Crippen LogP contribution in [0, 0.1) is 10.1 Å². The summed E-state index contributed by atoms with van der Waals surface area (Å²) in [7, 11) is 0. The third-order valence-corrected chi connectivity index (χ3v) is 8.26.